The first kappa shape index (κ1) is 14.4. The van der Waals surface area contributed by atoms with Crippen LogP contribution in [0.1, 0.15) is 30.9 Å². The van der Waals surface area contributed by atoms with Crippen molar-refractivity contribution in [3.63, 3.8) is 0 Å². The Labute approximate surface area is 127 Å². The lowest BCUT2D eigenvalue weighted by atomic mass is 9.88. The average Bonchev–Trinajstić information content (AvgIpc) is 3.08. The summed E-state index contributed by atoms with van der Waals surface area (Å²) in [5.74, 6) is -1.57. The van der Waals surface area contributed by atoms with E-state index in [1.54, 1.807) is 24.3 Å². The summed E-state index contributed by atoms with van der Waals surface area (Å²) in [6.45, 7) is 0. The number of nitrogens with one attached hydrogen (secondary N) is 1. The Balaban J connectivity index is 1.72. The predicted molar refractivity (Wildman–Crippen MR) is 76.0 cm³/mol. The Hall–Kier alpha value is -1.59. The molecule has 4 unspecified atom stereocenters. The molecule has 1 aromatic carbocycles. The number of ether oxygens (including phenoxy) is 1. The summed E-state index contributed by atoms with van der Waals surface area (Å²) in [5, 5.41) is 12.5. The minimum absolute atomic E-state index is 0.0605. The second-order valence-electron chi connectivity index (χ2n) is 5.55. The van der Waals surface area contributed by atoms with Gasteiger partial charge >= 0.3 is 5.97 Å². The number of benzene rings is 1. The van der Waals surface area contributed by atoms with Crippen LogP contribution in [0.25, 0.3) is 0 Å². The molecule has 21 heavy (non-hydrogen) atoms. The number of carboxylic acids is 1. The van der Waals surface area contributed by atoms with Gasteiger partial charge in [0, 0.05) is 5.02 Å². The van der Waals surface area contributed by atoms with Gasteiger partial charge in [0.25, 0.3) is 0 Å². The van der Waals surface area contributed by atoms with Crippen LogP contribution in [0.15, 0.2) is 24.3 Å². The van der Waals surface area contributed by atoms with E-state index in [0.29, 0.717) is 17.0 Å². The van der Waals surface area contributed by atoms with Crippen molar-refractivity contribution in [1.82, 2.24) is 5.32 Å². The Kier molecular flexibility index (Phi) is 3.87. The normalized spacial score (nSPS) is 28.3. The van der Waals surface area contributed by atoms with E-state index in [-0.39, 0.29) is 24.0 Å². The molecular formula is C15H16ClNO4. The highest BCUT2D eigenvalue weighted by Gasteiger charge is 2.45. The van der Waals surface area contributed by atoms with E-state index >= 15 is 0 Å². The number of carboxylic acid groups (broad SMARTS) is 1. The standard InChI is InChI=1S/C15H16ClNO4/c16-9-3-1-8(2-4-9)13(15(19)20)17-14(18)11-7-10-5-6-12(11)21-10/h1-4,10-13H,5-7H2,(H,17,18)(H,19,20). The van der Waals surface area contributed by atoms with Gasteiger partial charge in [-0.3, -0.25) is 4.79 Å². The van der Waals surface area contributed by atoms with E-state index in [0.717, 1.165) is 12.8 Å². The first-order valence-electron chi connectivity index (χ1n) is 6.98. The molecule has 5 nitrogen and oxygen atoms in total. The minimum atomic E-state index is -1.09. The highest BCUT2D eigenvalue weighted by Crippen LogP contribution is 2.39. The van der Waals surface area contributed by atoms with E-state index in [4.69, 9.17) is 16.3 Å². The summed E-state index contributed by atoms with van der Waals surface area (Å²) >= 11 is 5.80. The van der Waals surface area contributed by atoms with Crippen LogP contribution < -0.4 is 5.32 Å². The Morgan fingerprint density at radius 3 is 2.52 bits per heavy atom. The molecule has 1 aromatic rings. The van der Waals surface area contributed by atoms with E-state index < -0.39 is 12.0 Å². The van der Waals surface area contributed by atoms with Crippen LogP contribution in [0.3, 0.4) is 0 Å². The summed E-state index contributed by atoms with van der Waals surface area (Å²) in [4.78, 5) is 23.7. The zero-order chi connectivity index (χ0) is 15.0. The highest BCUT2D eigenvalue weighted by atomic mass is 35.5. The molecule has 6 heteroatoms. The lowest BCUT2D eigenvalue weighted by molar-refractivity contribution is -0.143. The topological polar surface area (TPSA) is 75.6 Å². The third kappa shape index (κ3) is 2.89. The number of amides is 1. The maximum Gasteiger partial charge on any atom is 0.330 e. The van der Waals surface area contributed by atoms with Gasteiger partial charge in [0.05, 0.1) is 18.1 Å². The van der Waals surface area contributed by atoms with Gasteiger partial charge in [0.1, 0.15) is 0 Å². The van der Waals surface area contributed by atoms with Crippen molar-refractivity contribution in [2.75, 3.05) is 0 Å². The van der Waals surface area contributed by atoms with Gasteiger partial charge in [-0.25, -0.2) is 4.79 Å². The maximum absolute atomic E-state index is 12.3. The minimum Gasteiger partial charge on any atom is -0.479 e. The lowest BCUT2D eigenvalue weighted by Crippen LogP contribution is -2.40. The zero-order valence-corrected chi connectivity index (χ0v) is 12.0. The number of hydrogen-bond acceptors (Lipinski definition) is 3. The summed E-state index contributed by atoms with van der Waals surface area (Å²) in [6.07, 6.45) is 2.65. The van der Waals surface area contributed by atoms with Crippen molar-refractivity contribution in [2.24, 2.45) is 5.92 Å². The number of halogens is 1. The fraction of sp³-hybridized carbons (Fsp3) is 0.467. The zero-order valence-electron chi connectivity index (χ0n) is 11.3. The highest BCUT2D eigenvalue weighted by molar-refractivity contribution is 6.30. The lowest BCUT2D eigenvalue weighted by Gasteiger charge is -2.21. The maximum atomic E-state index is 12.3. The smallest absolute Gasteiger partial charge is 0.330 e. The molecule has 4 atom stereocenters. The summed E-state index contributed by atoms with van der Waals surface area (Å²) < 4.78 is 5.64. The summed E-state index contributed by atoms with van der Waals surface area (Å²) in [6, 6.07) is 5.38. The summed E-state index contributed by atoms with van der Waals surface area (Å²) in [7, 11) is 0. The molecule has 2 fully saturated rings. The molecule has 0 radical (unpaired) electrons. The second kappa shape index (κ2) is 5.66. The van der Waals surface area contributed by atoms with Crippen LogP contribution in [0.2, 0.25) is 5.02 Å². The van der Waals surface area contributed by atoms with Crippen molar-refractivity contribution in [2.45, 2.75) is 37.5 Å². The monoisotopic (exact) mass is 309 g/mol. The number of fused-ring (bicyclic) bond motifs is 2. The van der Waals surface area contributed by atoms with Gasteiger partial charge in [-0.1, -0.05) is 23.7 Å². The Morgan fingerprint density at radius 1 is 1.29 bits per heavy atom. The molecule has 0 aliphatic carbocycles. The van der Waals surface area contributed by atoms with Crippen LogP contribution >= 0.6 is 11.6 Å². The molecule has 2 aliphatic rings. The SMILES string of the molecule is O=C(O)C(NC(=O)C1CC2CCC1O2)c1ccc(Cl)cc1. The number of carbonyl (C=O) groups is 2. The molecule has 0 spiro atoms. The number of carbonyl (C=O) groups excluding carboxylic acids is 1. The van der Waals surface area contributed by atoms with Crippen LogP contribution in [0.4, 0.5) is 0 Å². The predicted octanol–water partition coefficient (Wildman–Crippen LogP) is 2.15. The number of aliphatic carboxylic acids is 1. The van der Waals surface area contributed by atoms with Gasteiger partial charge < -0.3 is 15.2 Å². The Morgan fingerprint density at radius 2 is 2.00 bits per heavy atom. The van der Waals surface area contributed by atoms with Crippen LogP contribution in [0, 0.1) is 5.92 Å². The second-order valence-corrected chi connectivity index (χ2v) is 5.98. The molecule has 2 bridgehead atoms. The first-order chi connectivity index (χ1) is 10.0. The number of hydrogen-bond donors (Lipinski definition) is 2. The molecule has 2 aliphatic heterocycles. The van der Waals surface area contributed by atoms with Crippen LogP contribution in [-0.4, -0.2) is 29.2 Å². The fourth-order valence-electron chi connectivity index (χ4n) is 3.11. The van der Waals surface area contributed by atoms with Crippen LogP contribution in [0.5, 0.6) is 0 Å². The third-order valence-corrected chi connectivity index (χ3v) is 4.43. The molecular weight excluding hydrogens is 294 g/mol. The van der Waals surface area contributed by atoms with E-state index in [1.165, 1.54) is 0 Å². The van der Waals surface area contributed by atoms with Gasteiger partial charge in [-0.15, -0.1) is 0 Å². The van der Waals surface area contributed by atoms with Crippen molar-refractivity contribution < 1.29 is 19.4 Å². The molecule has 3 rings (SSSR count). The largest absolute Gasteiger partial charge is 0.479 e. The van der Waals surface area contributed by atoms with Crippen molar-refractivity contribution in [1.29, 1.82) is 0 Å². The Bertz CT molecular complexity index is 559. The molecule has 1 amide bonds. The van der Waals surface area contributed by atoms with Gasteiger partial charge in [0.2, 0.25) is 5.91 Å². The van der Waals surface area contributed by atoms with E-state index in [1.807, 2.05) is 0 Å². The van der Waals surface area contributed by atoms with Crippen molar-refractivity contribution in [3.05, 3.63) is 34.9 Å². The van der Waals surface area contributed by atoms with Gasteiger partial charge in [-0.2, -0.15) is 0 Å². The van der Waals surface area contributed by atoms with Crippen molar-refractivity contribution >= 4 is 23.5 Å². The van der Waals surface area contributed by atoms with Crippen molar-refractivity contribution in [3.8, 4) is 0 Å². The number of rotatable bonds is 4. The van der Waals surface area contributed by atoms with Gasteiger partial charge in [0.15, 0.2) is 6.04 Å². The molecule has 0 saturated carbocycles. The molecule has 0 aromatic heterocycles. The first-order valence-corrected chi connectivity index (χ1v) is 7.36. The molecule has 2 heterocycles. The molecule has 112 valence electrons. The van der Waals surface area contributed by atoms with E-state index in [2.05, 4.69) is 5.32 Å². The average molecular weight is 310 g/mol. The van der Waals surface area contributed by atoms with Crippen LogP contribution in [-0.2, 0) is 14.3 Å². The fourth-order valence-corrected chi connectivity index (χ4v) is 3.23. The quantitative estimate of drug-likeness (QED) is 0.893. The third-order valence-electron chi connectivity index (χ3n) is 4.18. The van der Waals surface area contributed by atoms with Gasteiger partial charge in [-0.05, 0) is 37.0 Å². The van der Waals surface area contributed by atoms with E-state index in [9.17, 15) is 14.7 Å². The molecule has 2 N–H and O–H groups in total. The summed E-state index contributed by atoms with van der Waals surface area (Å²) in [5.41, 5.74) is 0.504. The molecule has 2 saturated heterocycles.